The summed E-state index contributed by atoms with van der Waals surface area (Å²) >= 11 is 0. The van der Waals surface area contributed by atoms with E-state index in [-0.39, 0.29) is 12.4 Å². The van der Waals surface area contributed by atoms with E-state index in [4.69, 9.17) is 9.47 Å². The minimum Gasteiger partial charge on any atom is -0.489 e. The molecule has 2 aromatic rings. The molecule has 0 saturated carbocycles. The first-order chi connectivity index (χ1) is 16.7. The summed E-state index contributed by atoms with van der Waals surface area (Å²) in [4.78, 5) is 25.7. The fourth-order valence-corrected chi connectivity index (χ4v) is 4.13. The maximum absolute atomic E-state index is 13.0. The zero-order valence-corrected chi connectivity index (χ0v) is 21.1. The molecule has 0 N–H and O–H groups in total. The molecule has 0 amide bonds. The Balaban J connectivity index is 1.85. The number of unbranched alkanes of at least 4 members (excludes halogenated alkanes) is 9. The number of hydrogen-bond donors (Lipinski definition) is 0. The topological polar surface area (TPSA) is 52.6 Å². The molecule has 0 aliphatic rings. The fraction of sp³-hybridized carbons (Fsp3) is 0.533. The van der Waals surface area contributed by atoms with Crippen LogP contribution in [0.5, 0.6) is 5.75 Å². The molecule has 0 heterocycles. The second-order valence-corrected chi connectivity index (χ2v) is 8.93. The van der Waals surface area contributed by atoms with Gasteiger partial charge in [-0.05, 0) is 36.6 Å². The third-order valence-electron chi connectivity index (χ3n) is 6.06. The lowest BCUT2D eigenvalue weighted by molar-refractivity contribution is -0.147. The summed E-state index contributed by atoms with van der Waals surface area (Å²) in [7, 11) is 0. The molecule has 34 heavy (non-hydrogen) atoms. The van der Waals surface area contributed by atoms with Crippen LogP contribution in [0.15, 0.2) is 54.6 Å². The van der Waals surface area contributed by atoms with Gasteiger partial charge >= 0.3 is 5.97 Å². The van der Waals surface area contributed by atoms with Crippen molar-refractivity contribution in [2.24, 2.45) is 0 Å². The van der Waals surface area contributed by atoms with Gasteiger partial charge in [0.2, 0.25) is 0 Å². The van der Waals surface area contributed by atoms with Crippen LogP contribution in [-0.4, -0.2) is 18.4 Å². The van der Waals surface area contributed by atoms with Crippen molar-refractivity contribution in [2.45, 2.75) is 97.0 Å². The van der Waals surface area contributed by atoms with E-state index in [9.17, 15) is 9.59 Å². The first-order valence-corrected chi connectivity index (χ1v) is 13.1. The molecule has 1 unspecified atom stereocenters. The number of carbonyl (C=O) groups excluding carboxylic acids is 2. The minimum atomic E-state index is -0.890. The van der Waals surface area contributed by atoms with Crippen molar-refractivity contribution in [1.29, 1.82) is 0 Å². The Kier molecular flexibility index (Phi) is 13.7. The molecule has 186 valence electrons. The lowest BCUT2D eigenvalue weighted by Gasteiger charge is -2.16. The van der Waals surface area contributed by atoms with E-state index in [1.807, 2.05) is 48.5 Å². The summed E-state index contributed by atoms with van der Waals surface area (Å²) in [6.07, 6.45) is 12.5. The highest BCUT2D eigenvalue weighted by Crippen LogP contribution is 2.26. The summed E-state index contributed by atoms with van der Waals surface area (Å²) in [5, 5.41) is 0. The van der Waals surface area contributed by atoms with Gasteiger partial charge in [0.25, 0.3) is 0 Å². The van der Waals surface area contributed by atoms with E-state index in [1.54, 1.807) is 13.0 Å². The number of benzene rings is 2. The molecule has 0 spiro atoms. The summed E-state index contributed by atoms with van der Waals surface area (Å²) < 4.78 is 11.2. The Morgan fingerprint density at radius 1 is 0.765 bits per heavy atom. The molecular weight excluding hydrogens is 424 g/mol. The largest absolute Gasteiger partial charge is 0.489 e. The predicted octanol–water partition coefficient (Wildman–Crippen LogP) is 7.79. The molecule has 1 atom stereocenters. The Labute approximate surface area is 206 Å². The SMILES string of the molecule is CCCCCCCCCCCCC(=O)C(C(=O)OCC)c1cccc(OCc2ccccc2)c1. The third kappa shape index (κ3) is 10.5. The zero-order chi connectivity index (χ0) is 24.4. The smallest absolute Gasteiger partial charge is 0.321 e. The number of ether oxygens (including phenoxy) is 2. The summed E-state index contributed by atoms with van der Waals surface area (Å²) in [6.45, 7) is 4.69. The Hall–Kier alpha value is -2.62. The molecule has 4 nitrogen and oxygen atoms in total. The molecule has 0 aliphatic carbocycles. The molecule has 0 aromatic heterocycles. The quantitative estimate of drug-likeness (QED) is 0.128. The van der Waals surface area contributed by atoms with Crippen molar-refractivity contribution in [3.05, 3.63) is 65.7 Å². The van der Waals surface area contributed by atoms with Crippen molar-refractivity contribution in [3.63, 3.8) is 0 Å². The lowest BCUT2D eigenvalue weighted by atomic mass is 9.91. The first kappa shape index (κ1) is 27.6. The van der Waals surface area contributed by atoms with Gasteiger partial charge in [-0.3, -0.25) is 9.59 Å². The van der Waals surface area contributed by atoms with Gasteiger partial charge in [-0.25, -0.2) is 0 Å². The Bertz CT molecular complexity index is 831. The van der Waals surface area contributed by atoms with Crippen molar-refractivity contribution in [2.75, 3.05) is 6.61 Å². The van der Waals surface area contributed by atoms with Crippen LogP contribution in [0, 0.1) is 0 Å². The minimum absolute atomic E-state index is 0.0711. The van der Waals surface area contributed by atoms with Crippen molar-refractivity contribution in [1.82, 2.24) is 0 Å². The van der Waals surface area contributed by atoms with E-state index in [0.717, 1.165) is 24.8 Å². The van der Waals surface area contributed by atoms with Gasteiger partial charge in [0.1, 0.15) is 18.3 Å². The highest BCUT2D eigenvalue weighted by atomic mass is 16.5. The molecule has 0 radical (unpaired) electrons. The second kappa shape index (κ2) is 16.9. The molecule has 0 saturated heterocycles. The van der Waals surface area contributed by atoms with Crippen LogP contribution in [0.3, 0.4) is 0 Å². The van der Waals surface area contributed by atoms with Crippen molar-refractivity contribution >= 4 is 11.8 Å². The van der Waals surface area contributed by atoms with Gasteiger partial charge in [-0.2, -0.15) is 0 Å². The zero-order valence-electron chi connectivity index (χ0n) is 21.1. The van der Waals surface area contributed by atoms with Gasteiger partial charge < -0.3 is 9.47 Å². The number of ketones is 1. The second-order valence-electron chi connectivity index (χ2n) is 8.93. The van der Waals surface area contributed by atoms with Crippen molar-refractivity contribution < 1.29 is 19.1 Å². The van der Waals surface area contributed by atoms with Crippen LogP contribution in [0.2, 0.25) is 0 Å². The van der Waals surface area contributed by atoms with E-state index in [1.165, 1.54) is 44.9 Å². The number of rotatable bonds is 18. The normalized spacial score (nSPS) is 11.7. The van der Waals surface area contributed by atoms with Gasteiger partial charge in [0, 0.05) is 6.42 Å². The lowest BCUT2D eigenvalue weighted by Crippen LogP contribution is -2.24. The summed E-state index contributed by atoms with van der Waals surface area (Å²) in [6, 6.07) is 17.2. The van der Waals surface area contributed by atoms with Gasteiger partial charge in [0.05, 0.1) is 6.61 Å². The highest BCUT2D eigenvalue weighted by molar-refractivity contribution is 6.04. The van der Waals surface area contributed by atoms with Crippen LogP contribution in [0.1, 0.15) is 102 Å². The molecule has 0 fully saturated rings. The molecule has 0 bridgehead atoms. The van der Waals surface area contributed by atoms with Crippen LogP contribution in [0.25, 0.3) is 0 Å². The van der Waals surface area contributed by atoms with E-state index in [0.29, 0.717) is 24.3 Å². The monoisotopic (exact) mass is 466 g/mol. The standard InChI is InChI=1S/C30H42O4/c1-3-5-6-7-8-9-10-11-12-16-22-28(31)29(30(32)33-4-2)26-20-17-21-27(23-26)34-24-25-18-14-13-15-19-25/h13-15,17-21,23,29H,3-12,16,22,24H2,1-2H3. The summed E-state index contributed by atoms with van der Waals surface area (Å²) in [5.74, 6) is -0.792. The van der Waals surface area contributed by atoms with Gasteiger partial charge in [-0.15, -0.1) is 0 Å². The summed E-state index contributed by atoms with van der Waals surface area (Å²) in [5.41, 5.74) is 1.70. The molecule has 4 heteroatoms. The van der Waals surface area contributed by atoms with Crippen LogP contribution in [-0.2, 0) is 20.9 Å². The van der Waals surface area contributed by atoms with Gasteiger partial charge in [0.15, 0.2) is 5.78 Å². The predicted molar refractivity (Wildman–Crippen MR) is 138 cm³/mol. The van der Waals surface area contributed by atoms with Crippen LogP contribution < -0.4 is 4.74 Å². The third-order valence-corrected chi connectivity index (χ3v) is 6.06. The van der Waals surface area contributed by atoms with Gasteiger partial charge in [-0.1, -0.05) is 107 Å². The van der Waals surface area contributed by atoms with E-state index >= 15 is 0 Å². The molecular formula is C30H42O4. The van der Waals surface area contributed by atoms with Crippen molar-refractivity contribution in [3.8, 4) is 5.75 Å². The number of hydrogen-bond acceptors (Lipinski definition) is 4. The average Bonchev–Trinajstić information content (AvgIpc) is 2.85. The first-order valence-electron chi connectivity index (χ1n) is 13.1. The highest BCUT2D eigenvalue weighted by Gasteiger charge is 2.29. The fourth-order valence-electron chi connectivity index (χ4n) is 4.13. The van der Waals surface area contributed by atoms with E-state index in [2.05, 4.69) is 6.92 Å². The molecule has 2 rings (SSSR count). The average molecular weight is 467 g/mol. The van der Waals surface area contributed by atoms with Crippen LogP contribution in [0.4, 0.5) is 0 Å². The van der Waals surface area contributed by atoms with Crippen LogP contribution >= 0.6 is 0 Å². The van der Waals surface area contributed by atoms with E-state index < -0.39 is 11.9 Å². The molecule has 0 aliphatic heterocycles. The Morgan fingerprint density at radius 3 is 2.06 bits per heavy atom. The number of Topliss-reactive ketones (excluding diaryl/α,β-unsaturated/α-hetero) is 1. The maximum atomic E-state index is 13.0. The maximum Gasteiger partial charge on any atom is 0.321 e. The number of carbonyl (C=O) groups is 2. The molecule has 2 aromatic carbocycles. The Morgan fingerprint density at radius 2 is 1.41 bits per heavy atom. The number of esters is 1.